The molecule has 1 aliphatic heterocycles. The van der Waals surface area contributed by atoms with Gasteiger partial charge in [0.1, 0.15) is 22.9 Å². The number of hydrogen-bond acceptors (Lipinski definition) is 5. The Hall–Kier alpha value is -4.47. The van der Waals surface area contributed by atoms with Crippen LogP contribution in [-0.2, 0) is 25.4 Å². The summed E-state index contributed by atoms with van der Waals surface area (Å²) in [6.07, 6.45) is 2.36. The Morgan fingerprint density at radius 1 is 1.13 bits per heavy atom. The second-order valence-corrected chi connectivity index (χ2v) is 10.6. The number of carbonyl (C=O) groups excluding carboxylic acids is 2. The normalized spacial score (nSPS) is 12.8. The molecular formula is C28H30FN7O2. The Kier molecular flexibility index (Phi) is 6.05. The van der Waals surface area contributed by atoms with Gasteiger partial charge >= 0.3 is 0 Å². The van der Waals surface area contributed by atoms with E-state index in [0.717, 1.165) is 11.3 Å². The van der Waals surface area contributed by atoms with Crippen molar-refractivity contribution in [1.29, 1.82) is 0 Å². The van der Waals surface area contributed by atoms with E-state index in [0.29, 0.717) is 24.6 Å². The zero-order valence-corrected chi connectivity index (χ0v) is 22.0. The first-order valence-corrected chi connectivity index (χ1v) is 12.4. The first-order chi connectivity index (χ1) is 17.9. The van der Waals surface area contributed by atoms with Crippen molar-refractivity contribution in [1.82, 2.24) is 19.6 Å². The van der Waals surface area contributed by atoms with Crippen LogP contribution in [0, 0.1) is 12.7 Å². The molecule has 9 nitrogen and oxygen atoms in total. The number of carbonyl (C=O) groups is 2. The molecule has 10 heteroatoms. The topological polar surface area (TPSA) is 120 Å². The molecule has 5 rings (SSSR count). The first-order valence-electron chi connectivity index (χ1n) is 12.4. The molecule has 4 aromatic rings. The molecule has 0 radical (unpaired) electrons. The summed E-state index contributed by atoms with van der Waals surface area (Å²) in [7, 11) is 1.73. The quantitative estimate of drug-likeness (QED) is 0.365. The number of nitrogens with two attached hydrogens (primary N) is 1. The predicted octanol–water partition coefficient (Wildman–Crippen LogP) is 4.68. The summed E-state index contributed by atoms with van der Waals surface area (Å²) < 4.78 is 18.9. The van der Waals surface area contributed by atoms with Gasteiger partial charge in [-0.15, -0.1) is 0 Å². The maximum Gasteiger partial charge on any atom is 0.257 e. The summed E-state index contributed by atoms with van der Waals surface area (Å²) in [5.74, 6) is -1.09. The number of fused-ring (bicyclic) bond motifs is 2. The Morgan fingerprint density at radius 3 is 2.55 bits per heavy atom. The third kappa shape index (κ3) is 4.42. The lowest BCUT2D eigenvalue weighted by molar-refractivity contribution is 0.0998. The minimum Gasteiger partial charge on any atom is -0.365 e. The highest BCUT2D eigenvalue weighted by Crippen LogP contribution is 2.37. The SMILES string of the molecule is Cc1c(C(=O)Nc2ccn(C)n2)ccc(-c2nn3c(c2C(N)=O)Nc2ccc(C(C)(C)C)cc2CC3)c1F. The van der Waals surface area contributed by atoms with E-state index in [1.807, 2.05) is 6.07 Å². The summed E-state index contributed by atoms with van der Waals surface area (Å²) in [6.45, 7) is 8.47. The minimum atomic E-state index is -0.725. The van der Waals surface area contributed by atoms with Crippen LogP contribution in [0.1, 0.15) is 58.2 Å². The van der Waals surface area contributed by atoms with Crippen LogP contribution in [0.4, 0.5) is 21.7 Å². The zero-order valence-electron chi connectivity index (χ0n) is 22.0. The number of hydrogen-bond donors (Lipinski definition) is 3. The van der Waals surface area contributed by atoms with Gasteiger partial charge in [0.15, 0.2) is 5.82 Å². The van der Waals surface area contributed by atoms with Gasteiger partial charge in [-0.3, -0.25) is 14.3 Å². The summed E-state index contributed by atoms with van der Waals surface area (Å²) >= 11 is 0. The number of primary amides is 1. The van der Waals surface area contributed by atoms with Gasteiger partial charge in [0.05, 0.1) is 0 Å². The molecule has 4 N–H and O–H groups in total. The second-order valence-electron chi connectivity index (χ2n) is 10.6. The number of nitrogens with one attached hydrogen (secondary N) is 2. The Balaban J connectivity index is 1.53. The van der Waals surface area contributed by atoms with Crippen molar-refractivity contribution in [2.75, 3.05) is 10.6 Å². The average Bonchev–Trinajstić information content (AvgIpc) is 3.36. The highest BCUT2D eigenvalue weighted by atomic mass is 19.1. The predicted molar refractivity (Wildman–Crippen MR) is 144 cm³/mol. The molecule has 0 unspecified atom stereocenters. The molecule has 0 spiro atoms. The van der Waals surface area contributed by atoms with Gasteiger partial charge in [-0.25, -0.2) is 9.07 Å². The lowest BCUT2D eigenvalue weighted by atomic mass is 9.85. The Morgan fingerprint density at radius 2 is 1.89 bits per heavy atom. The van der Waals surface area contributed by atoms with Crippen molar-refractivity contribution in [3.05, 3.63) is 76.2 Å². The number of rotatable bonds is 4. The van der Waals surface area contributed by atoms with Gasteiger partial charge < -0.3 is 16.4 Å². The van der Waals surface area contributed by atoms with Gasteiger partial charge in [0.25, 0.3) is 11.8 Å². The molecule has 3 heterocycles. The number of halogens is 1. The third-order valence-corrected chi connectivity index (χ3v) is 6.86. The van der Waals surface area contributed by atoms with Crippen molar-refractivity contribution >= 4 is 29.1 Å². The molecule has 0 bridgehead atoms. The van der Waals surface area contributed by atoms with Crippen LogP contribution in [0.3, 0.4) is 0 Å². The molecule has 0 saturated carbocycles. The lowest BCUT2D eigenvalue weighted by Gasteiger charge is -2.21. The van der Waals surface area contributed by atoms with Crippen molar-refractivity contribution in [3.8, 4) is 11.3 Å². The smallest absolute Gasteiger partial charge is 0.257 e. The fraction of sp³-hybridized carbons (Fsp3) is 0.286. The van der Waals surface area contributed by atoms with Crippen molar-refractivity contribution in [2.45, 2.75) is 46.1 Å². The van der Waals surface area contributed by atoms with E-state index in [4.69, 9.17) is 5.73 Å². The molecule has 0 fully saturated rings. The number of benzene rings is 2. The molecule has 196 valence electrons. The van der Waals surface area contributed by atoms with Crippen molar-refractivity contribution < 1.29 is 14.0 Å². The third-order valence-electron chi connectivity index (χ3n) is 6.86. The van der Waals surface area contributed by atoms with E-state index < -0.39 is 17.6 Å². The maximum atomic E-state index is 15.7. The molecule has 38 heavy (non-hydrogen) atoms. The van der Waals surface area contributed by atoms with Crippen LogP contribution in [0.5, 0.6) is 0 Å². The fourth-order valence-corrected chi connectivity index (χ4v) is 4.69. The van der Waals surface area contributed by atoms with Gasteiger partial charge in [-0.2, -0.15) is 10.2 Å². The first kappa shape index (κ1) is 25.2. The number of aromatic nitrogens is 4. The van der Waals surface area contributed by atoms with Crippen LogP contribution >= 0.6 is 0 Å². The highest BCUT2D eigenvalue weighted by molar-refractivity contribution is 6.07. The second kappa shape index (κ2) is 9.13. The van der Waals surface area contributed by atoms with E-state index in [-0.39, 0.29) is 33.4 Å². The van der Waals surface area contributed by atoms with Gasteiger partial charge in [-0.05, 0) is 53.6 Å². The molecule has 0 saturated heterocycles. The lowest BCUT2D eigenvalue weighted by Crippen LogP contribution is -2.16. The van der Waals surface area contributed by atoms with Crippen LogP contribution in [-0.4, -0.2) is 31.4 Å². The Labute approximate surface area is 219 Å². The molecule has 0 aliphatic carbocycles. The maximum absolute atomic E-state index is 15.7. The molecule has 1 aliphatic rings. The van der Waals surface area contributed by atoms with Gasteiger partial charge in [0.2, 0.25) is 0 Å². The number of nitrogens with zero attached hydrogens (tertiary/aromatic N) is 4. The molecule has 2 aromatic heterocycles. The molecule has 0 atom stereocenters. The summed E-state index contributed by atoms with van der Waals surface area (Å²) in [5.41, 5.74) is 9.56. The molecular weight excluding hydrogens is 485 g/mol. The van der Waals surface area contributed by atoms with E-state index in [2.05, 4.69) is 53.7 Å². The van der Waals surface area contributed by atoms with Crippen molar-refractivity contribution in [3.63, 3.8) is 0 Å². The van der Waals surface area contributed by atoms with Gasteiger partial charge in [0, 0.05) is 42.7 Å². The highest BCUT2D eigenvalue weighted by Gasteiger charge is 2.29. The molecule has 2 aromatic carbocycles. The molecule has 2 amide bonds. The average molecular weight is 516 g/mol. The summed E-state index contributed by atoms with van der Waals surface area (Å²) in [6, 6.07) is 10.8. The zero-order chi connectivity index (χ0) is 27.4. The van der Waals surface area contributed by atoms with Crippen LogP contribution in [0.15, 0.2) is 42.6 Å². The van der Waals surface area contributed by atoms with Crippen molar-refractivity contribution in [2.24, 2.45) is 12.8 Å². The van der Waals surface area contributed by atoms with E-state index >= 15 is 4.39 Å². The minimum absolute atomic E-state index is 0.00345. The number of aryl methyl sites for hydroxylation is 3. The van der Waals surface area contributed by atoms with E-state index in [1.165, 1.54) is 24.6 Å². The van der Waals surface area contributed by atoms with Gasteiger partial charge in [-0.1, -0.05) is 32.9 Å². The standard InChI is InChI=1S/C28H30FN7O2/c1-15-18(27(38)32-21-11-12-35(5)33-21)7-8-19(23(15)29)24-22(25(30)37)26-31-20-9-6-17(28(2,3)4)14-16(20)10-13-36(26)34-24/h6-9,11-12,14,31H,10,13H2,1-5H3,(H2,30,37)(H,32,33,38). The van der Waals surface area contributed by atoms with E-state index in [9.17, 15) is 9.59 Å². The largest absolute Gasteiger partial charge is 0.365 e. The van der Waals surface area contributed by atoms with Crippen LogP contribution in [0.2, 0.25) is 0 Å². The fourth-order valence-electron chi connectivity index (χ4n) is 4.69. The Bertz CT molecular complexity index is 1590. The monoisotopic (exact) mass is 515 g/mol. The number of anilines is 3. The summed E-state index contributed by atoms with van der Waals surface area (Å²) in [5, 5.41) is 14.7. The van der Waals surface area contributed by atoms with Crippen LogP contribution in [0.25, 0.3) is 11.3 Å². The number of amides is 2. The summed E-state index contributed by atoms with van der Waals surface area (Å²) in [4.78, 5) is 25.4. The van der Waals surface area contributed by atoms with Crippen LogP contribution < -0.4 is 16.4 Å². The van der Waals surface area contributed by atoms with E-state index in [1.54, 1.807) is 28.7 Å².